The summed E-state index contributed by atoms with van der Waals surface area (Å²) < 4.78 is 5.74. The van der Waals surface area contributed by atoms with E-state index in [4.69, 9.17) is 10.5 Å². The number of aromatic nitrogens is 1. The topological polar surface area (TPSA) is 51.4 Å². The normalized spacial score (nSPS) is 26.1. The maximum atomic E-state index is 5.74. The second-order valence-electron chi connectivity index (χ2n) is 4.77. The van der Waals surface area contributed by atoms with Gasteiger partial charge in [0.2, 0.25) is 0 Å². The number of aryl methyl sites for hydroxylation is 1. The smallest absolute Gasteiger partial charge is 0.0828 e. The number of morpholine rings is 1. The van der Waals surface area contributed by atoms with Gasteiger partial charge in [-0.1, -0.05) is 6.07 Å². The van der Waals surface area contributed by atoms with Gasteiger partial charge in [-0.15, -0.1) is 0 Å². The molecule has 1 fully saturated rings. The molecule has 0 aromatic carbocycles. The van der Waals surface area contributed by atoms with Crippen LogP contribution in [-0.4, -0.2) is 41.7 Å². The zero-order valence-corrected chi connectivity index (χ0v) is 10.6. The van der Waals surface area contributed by atoms with Gasteiger partial charge in [0, 0.05) is 31.9 Å². The summed E-state index contributed by atoms with van der Waals surface area (Å²) in [6, 6.07) is 6.15. The van der Waals surface area contributed by atoms with Gasteiger partial charge in [-0.05, 0) is 26.0 Å². The highest BCUT2D eigenvalue weighted by atomic mass is 16.5. The third-order valence-corrected chi connectivity index (χ3v) is 3.00. The number of hydrogen-bond acceptors (Lipinski definition) is 4. The first-order chi connectivity index (χ1) is 8.17. The van der Waals surface area contributed by atoms with Gasteiger partial charge >= 0.3 is 0 Å². The quantitative estimate of drug-likeness (QED) is 0.847. The third kappa shape index (κ3) is 3.49. The van der Waals surface area contributed by atoms with Crippen LogP contribution in [0.15, 0.2) is 18.2 Å². The zero-order valence-electron chi connectivity index (χ0n) is 10.6. The summed E-state index contributed by atoms with van der Waals surface area (Å²) in [5.74, 6) is 0. The highest BCUT2D eigenvalue weighted by Crippen LogP contribution is 2.13. The molecule has 0 saturated carbocycles. The van der Waals surface area contributed by atoms with Crippen molar-refractivity contribution in [1.82, 2.24) is 9.88 Å². The lowest BCUT2D eigenvalue weighted by atomic mass is 10.2. The Morgan fingerprint density at radius 3 is 3.00 bits per heavy atom. The van der Waals surface area contributed by atoms with Gasteiger partial charge in [0.1, 0.15) is 0 Å². The molecular weight excluding hydrogens is 214 g/mol. The molecule has 1 saturated heterocycles. The van der Waals surface area contributed by atoms with Crippen molar-refractivity contribution in [2.75, 3.05) is 19.6 Å². The number of ether oxygens (including phenoxy) is 1. The van der Waals surface area contributed by atoms with Crippen molar-refractivity contribution in [3.63, 3.8) is 0 Å². The van der Waals surface area contributed by atoms with E-state index < -0.39 is 0 Å². The Balaban J connectivity index is 1.98. The Morgan fingerprint density at radius 2 is 2.29 bits per heavy atom. The average Bonchev–Trinajstić information content (AvgIpc) is 2.28. The molecule has 2 rings (SSSR count). The monoisotopic (exact) mass is 235 g/mol. The van der Waals surface area contributed by atoms with Crippen LogP contribution in [0.1, 0.15) is 18.3 Å². The maximum Gasteiger partial charge on any atom is 0.0828 e. The number of pyridine rings is 1. The minimum Gasteiger partial charge on any atom is -0.371 e. The summed E-state index contributed by atoms with van der Waals surface area (Å²) in [4.78, 5) is 6.90. The van der Waals surface area contributed by atoms with Gasteiger partial charge in [-0.2, -0.15) is 0 Å². The molecule has 0 radical (unpaired) electrons. The molecule has 1 aromatic rings. The lowest BCUT2D eigenvalue weighted by Crippen LogP contribution is -2.48. The van der Waals surface area contributed by atoms with Crippen LogP contribution in [0.3, 0.4) is 0 Å². The highest BCUT2D eigenvalue weighted by Gasteiger charge is 2.24. The summed E-state index contributed by atoms with van der Waals surface area (Å²) in [6.07, 6.45) is 0.408. The Morgan fingerprint density at radius 1 is 1.47 bits per heavy atom. The molecule has 1 aliphatic rings. The number of hydrogen-bond donors (Lipinski definition) is 1. The minimum absolute atomic E-state index is 0.156. The summed E-state index contributed by atoms with van der Waals surface area (Å²) in [6.45, 7) is 7.43. The minimum atomic E-state index is 0.156. The molecule has 17 heavy (non-hydrogen) atoms. The van der Waals surface area contributed by atoms with Crippen LogP contribution in [0.2, 0.25) is 0 Å². The van der Waals surface area contributed by atoms with Gasteiger partial charge in [0.05, 0.1) is 17.9 Å². The molecule has 0 amide bonds. The third-order valence-electron chi connectivity index (χ3n) is 3.00. The molecule has 1 aromatic heterocycles. The fourth-order valence-corrected chi connectivity index (χ4v) is 2.32. The SMILES string of the molecule is Cc1cccc(CN2CC(C)OC(CN)C2)n1. The number of nitrogens with two attached hydrogens (primary N) is 1. The zero-order chi connectivity index (χ0) is 12.3. The van der Waals surface area contributed by atoms with Crippen molar-refractivity contribution < 1.29 is 4.74 Å². The molecule has 2 unspecified atom stereocenters. The van der Waals surface area contributed by atoms with Crippen LogP contribution in [0.5, 0.6) is 0 Å². The van der Waals surface area contributed by atoms with Gasteiger partial charge in [-0.25, -0.2) is 0 Å². The second kappa shape index (κ2) is 5.58. The predicted octanol–water partition coefficient (Wildman–Crippen LogP) is 0.938. The maximum absolute atomic E-state index is 5.74. The van der Waals surface area contributed by atoms with E-state index in [-0.39, 0.29) is 12.2 Å². The van der Waals surface area contributed by atoms with Crippen molar-refractivity contribution in [1.29, 1.82) is 0 Å². The Kier molecular flexibility index (Phi) is 4.10. The fraction of sp³-hybridized carbons (Fsp3) is 0.615. The summed E-state index contributed by atoms with van der Waals surface area (Å²) in [5.41, 5.74) is 7.87. The fourth-order valence-electron chi connectivity index (χ4n) is 2.32. The van der Waals surface area contributed by atoms with E-state index in [0.29, 0.717) is 6.54 Å². The van der Waals surface area contributed by atoms with Gasteiger partial charge in [-0.3, -0.25) is 9.88 Å². The van der Waals surface area contributed by atoms with Crippen LogP contribution in [-0.2, 0) is 11.3 Å². The van der Waals surface area contributed by atoms with Gasteiger partial charge in [0.25, 0.3) is 0 Å². The number of rotatable bonds is 3. The van der Waals surface area contributed by atoms with E-state index in [9.17, 15) is 0 Å². The standard InChI is InChI=1S/C13H21N3O/c1-10-4-3-5-12(15-10)8-16-7-11(2)17-13(6-14)9-16/h3-5,11,13H,6-9,14H2,1-2H3. The molecule has 2 heterocycles. The first kappa shape index (κ1) is 12.5. The van der Waals surface area contributed by atoms with Crippen LogP contribution >= 0.6 is 0 Å². The van der Waals surface area contributed by atoms with Crippen molar-refractivity contribution >= 4 is 0 Å². The van der Waals surface area contributed by atoms with E-state index >= 15 is 0 Å². The average molecular weight is 235 g/mol. The van der Waals surface area contributed by atoms with Crippen molar-refractivity contribution in [3.8, 4) is 0 Å². The molecule has 94 valence electrons. The Hall–Kier alpha value is -0.970. The van der Waals surface area contributed by atoms with E-state index in [2.05, 4.69) is 28.9 Å². The van der Waals surface area contributed by atoms with E-state index in [1.54, 1.807) is 0 Å². The van der Waals surface area contributed by atoms with Crippen LogP contribution in [0.4, 0.5) is 0 Å². The van der Waals surface area contributed by atoms with Gasteiger partial charge < -0.3 is 10.5 Å². The summed E-state index contributed by atoms with van der Waals surface area (Å²) >= 11 is 0. The van der Waals surface area contributed by atoms with Crippen LogP contribution in [0.25, 0.3) is 0 Å². The van der Waals surface area contributed by atoms with Crippen molar-refractivity contribution in [2.24, 2.45) is 5.73 Å². The van der Waals surface area contributed by atoms with Crippen molar-refractivity contribution in [3.05, 3.63) is 29.6 Å². The summed E-state index contributed by atoms with van der Waals surface area (Å²) in [5, 5.41) is 0. The molecule has 0 bridgehead atoms. The Bertz CT molecular complexity index is 369. The van der Waals surface area contributed by atoms with Crippen molar-refractivity contribution in [2.45, 2.75) is 32.6 Å². The van der Waals surface area contributed by atoms with Crippen LogP contribution in [0, 0.1) is 6.92 Å². The Labute approximate surface area is 103 Å². The lowest BCUT2D eigenvalue weighted by molar-refractivity contribution is -0.0747. The summed E-state index contributed by atoms with van der Waals surface area (Å²) in [7, 11) is 0. The molecule has 2 atom stereocenters. The van der Waals surface area contributed by atoms with E-state index in [1.807, 2.05) is 13.0 Å². The molecule has 2 N–H and O–H groups in total. The molecule has 4 nitrogen and oxygen atoms in total. The largest absolute Gasteiger partial charge is 0.371 e. The van der Waals surface area contributed by atoms with Gasteiger partial charge in [0.15, 0.2) is 0 Å². The molecule has 0 spiro atoms. The molecule has 1 aliphatic heterocycles. The molecule has 0 aliphatic carbocycles. The van der Waals surface area contributed by atoms with E-state index in [1.165, 1.54) is 0 Å². The highest BCUT2D eigenvalue weighted by molar-refractivity contribution is 5.09. The predicted molar refractivity (Wildman–Crippen MR) is 67.6 cm³/mol. The first-order valence-corrected chi connectivity index (χ1v) is 6.18. The second-order valence-corrected chi connectivity index (χ2v) is 4.77. The molecular formula is C13H21N3O. The number of nitrogens with zero attached hydrogens (tertiary/aromatic N) is 2. The lowest BCUT2D eigenvalue weighted by Gasteiger charge is -2.36. The first-order valence-electron chi connectivity index (χ1n) is 6.18. The van der Waals surface area contributed by atoms with E-state index in [0.717, 1.165) is 31.0 Å². The molecule has 4 heteroatoms. The van der Waals surface area contributed by atoms with Crippen LogP contribution < -0.4 is 5.73 Å².